The summed E-state index contributed by atoms with van der Waals surface area (Å²) in [5, 5.41) is 26.1. The van der Waals surface area contributed by atoms with Gasteiger partial charge in [0.25, 0.3) is 0 Å². The first kappa shape index (κ1) is 71.8. The van der Waals surface area contributed by atoms with E-state index in [0.717, 1.165) is 0 Å². The third-order valence-electron chi connectivity index (χ3n) is 11.0. The average Bonchev–Trinajstić information content (AvgIpc) is 3.42. The number of urea groups is 1. The highest BCUT2D eigenvalue weighted by atomic mass is 16.6. The Morgan fingerprint density at radius 3 is 1.27 bits per heavy atom. The van der Waals surface area contributed by atoms with Crippen LogP contribution in [-0.4, -0.2) is 238 Å². The second-order valence-corrected chi connectivity index (χ2v) is 17.6. The van der Waals surface area contributed by atoms with E-state index in [1.54, 1.807) is 45.2 Å². The van der Waals surface area contributed by atoms with E-state index in [1.807, 2.05) is 0 Å². The van der Waals surface area contributed by atoms with Crippen LogP contribution in [0.5, 0.6) is 0 Å². The monoisotopic (exact) mass is 1120 g/mol. The Labute approximate surface area is 461 Å². The van der Waals surface area contributed by atoms with E-state index in [1.165, 1.54) is 0 Å². The number of unbranched alkanes of at least 4 members (excludes halogenated alkanes) is 1. The highest BCUT2D eigenvalue weighted by Crippen LogP contribution is 2.12. The summed E-state index contributed by atoms with van der Waals surface area (Å²) in [4.78, 5) is 63.7. The van der Waals surface area contributed by atoms with Gasteiger partial charge >= 0.3 is 6.03 Å². The standard InChI is InChI=1S/C52H96N8O18/c1-42(2)48(51(65)59-46(8-6-16-57-52(54)66)50(64)58-44-11-9-43(41-61)10-12-44)60-49(63)45(55-3)7-4-5-15-56-47(62)13-17-67-19-21-69-23-25-71-27-29-73-31-33-75-35-37-77-39-40-78-38-36-76-34-32-74-30-28-72-26-24-70-22-20-68-18-14-53/h9-12,42,45-46,48,55,61H,4-8,13-41,53H2,1-3H3,(H,56,62)(H,58,64)(H,59,65)(H,60,63)(H3,54,57,66)/t45-,46-,48-/m0/s1. The van der Waals surface area contributed by atoms with E-state index < -0.39 is 36.0 Å². The highest BCUT2D eigenvalue weighted by Gasteiger charge is 2.30. The molecule has 3 atom stereocenters. The van der Waals surface area contributed by atoms with Crippen LogP contribution in [0, 0.1) is 5.92 Å². The van der Waals surface area contributed by atoms with Crippen LogP contribution in [0.1, 0.15) is 57.9 Å². The van der Waals surface area contributed by atoms with Crippen LogP contribution in [0.15, 0.2) is 24.3 Å². The predicted molar refractivity (Wildman–Crippen MR) is 290 cm³/mol. The molecule has 11 N–H and O–H groups in total. The number of rotatable bonds is 56. The molecule has 0 fully saturated rings. The first-order valence-corrected chi connectivity index (χ1v) is 27.2. The molecule has 0 bridgehead atoms. The Morgan fingerprint density at radius 2 is 0.885 bits per heavy atom. The van der Waals surface area contributed by atoms with Crippen LogP contribution in [0.25, 0.3) is 0 Å². The number of carbonyl (C=O) groups is 5. The smallest absolute Gasteiger partial charge is 0.312 e. The van der Waals surface area contributed by atoms with E-state index in [2.05, 4.69) is 31.9 Å². The third-order valence-corrected chi connectivity index (χ3v) is 11.0. The van der Waals surface area contributed by atoms with E-state index in [0.29, 0.717) is 202 Å². The Bertz CT molecular complexity index is 1630. The van der Waals surface area contributed by atoms with E-state index in [-0.39, 0.29) is 50.3 Å². The van der Waals surface area contributed by atoms with E-state index >= 15 is 0 Å². The molecule has 0 spiro atoms. The van der Waals surface area contributed by atoms with E-state index in [9.17, 15) is 29.1 Å². The van der Waals surface area contributed by atoms with Gasteiger partial charge < -0.3 is 105 Å². The minimum atomic E-state index is -0.991. The summed E-state index contributed by atoms with van der Waals surface area (Å²) in [7, 11) is 1.66. The molecule has 26 heteroatoms. The number of nitrogens with two attached hydrogens (primary N) is 2. The second-order valence-electron chi connectivity index (χ2n) is 17.6. The number of aliphatic hydroxyl groups excluding tert-OH is 1. The van der Waals surface area contributed by atoms with Crippen LogP contribution in [-0.2, 0) is 82.6 Å². The zero-order valence-corrected chi connectivity index (χ0v) is 46.7. The maximum absolute atomic E-state index is 13.6. The Balaban J connectivity index is 2.00. The number of aliphatic hydroxyl groups is 1. The van der Waals surface area contributed by atoms with Gasteiger partial charge in [0.2, 0.25) is 23.6 Å². The van der Waals surface area contributed by atoms with Gasteiger partial charge in [0, 0.05) is 31.7 Å². The van der Waals surface area contributed by atoms with Crippen LogP contribution in [0.2, 0.25) is 0 Å². The molecule has 1 rings (SSSR count). The summed E-state index contributed by atoms with van der Waals surface area (Å²) in [5.74, 6) is -1.87. The molecular formula is C52H96N8O18. The van der Waals surface area contributed by atoms with Crippen molar-refractivity contribution in [3.63, 3.8) is 0 Å². The molecule has 0 aliphatic heterocycles. The van der Waals surface area contributed by atoms with Crippen LogP contribution >= 0.6 is 0 Å². The zero-order chi connectivity index (χ0) is 56.9. The van der Waals surface area contributed by atoms with Crippen molar-refractivity contribution < 1.29 is 85.9 Å². The molecule has 26 nitrogen and oxygen atoms in total. The number of benzene rings is 1. The third kappa shape index (κ3) is 42.7. The van der Waals surface area contributed by atoms with E-state index in [4.69, 9.17) is 68.3 Å². The van der Waals surface area contributed by atoms with Crippen molar-refractivity contribution in [3.05, 3.63) is 29.8 Å². The maximum Gasteiger partial charge on any atom is 0.312 e. The van der Waals surface area contributed by atoms with Gasteiger partial charge in [-0.3, -0.25) is 19.2 Å². The number of anilines is 1. The topological polar surface area (TPSA) is 341 Å². The van der Waals surface area contributed by atoms with Crippen molar-refractivity contribution in [2.24, 2.45) is 17.4 Å². The second kappa shape index (κ2) is 52.2. The number of hydrogen-bond acceptors (Lipinski definition) is 20. The van der Waals surface area contributed by atoms with Crippen molar-refractivity contribution in [3.8, 4) is 0 Å². The largest absolute Gasteiger partial charge is 0.392 e. The Morgan fingerprint density at radius 1 is 0.487 bits per heavy atom. The van der Waals surface area contributed by atoms with Crippen molar-refractivity contribution in [2.45, 2.75) is 77.1 Å². The van der Waals surface area contributed by atoms with Crippen molar-refractivity contribution in [1.82, 2.24) is 26.6 Å². The fraction of sp³-hybridized carbons (Fsp3) is 0.788. The lowest BCUT2D eigenvalue weighted by Crippen LogP contribution is -2.57. The molecule has 0 heterocycles. The first-order valence-electron chi connectivity index (χ1n) is 27.2. The molecule has 0 saturated carbocycles. The maximum atomic E-state index is 13.6. The summed E-state index contributed by atoms with van der Waals surface area (Å²) in [6, 6.07) is 3.35. The minimum Gasteiger partial charge on any atom is -0.392 e. The average molecular weight is 1120 g/mol. The fourth-order valence-electron chi connectivity index (χ4n) is 6.73. The summed E-state index contributed by atoms with van der Waals surface area (Å²) in [6.45, 7) is 15.5. The fourth-order valence-corrected chi connectivity index (χ4v) is 6.73. The lowest BCUT2D eigenvalue weighted by molar-refractivity contribution is -0.132. The lowest BCUT2D eigenvalue weighted by Gasteiger charge is -2.27. The highest BCUT2D eigenvalue weighted by molar-refractivity contribution is 5.98. The molecular weight excluding hydrogens is 1020 g/mol. The number of likely N-dealkylation sites (N-methyl/N-ethyl adjacent to an activating group) is 1. The molecule has 0 aliphatic carbocycles. The predicted octanol–water partition coefficient (Wildman–Crippen LogP) is -0.386. The lowest BCUT2D eigenvalue weighted by atomic mass is 10.0. The van der Waals surface area contributed by atoms with Gasteiger partial charge in [-0.05, 0) is 62.8 Å². The summed E-state index contributed by atoms with van der Waals surface area (Å²) in [6.07, 6.45) is 2.41. The number of primary amides is 1. The van der Waals surface area contributed by atoms with Gasteiger partial charge in [0.15, 0.2) is 0 Å². The molecule has 6 amide bonds. The van der Waals surface area contributed by atoms with Crippen LogP contribution in [0.3, 0.4) is 0 Å². The molecule has 0 aromatic heterocycles. The SMILES string of the molecule is CN[C@@H](CCCCNC(=O)CCOCCOCCOCCOCCOCCOCCOCCOCCOCCOCCOCCOCCN)C(=O)N[C@H](C(=O)N[C@@H](CCCNC(N)=O)C(=O)Nc1ccc(CO)cc1)C(C)C. The summed E-state index contributed by atoms with van der Waals surface area (Å²) < 4.78 is 65.6. The summed E-state index contributed by atoms with van der Waals surface area (Å²) in [5.41, 5.74) is 11.7. The number of hydrogen-bond donors (Lipinski definition) is 9. The minimum absolute atomic E-state index is 0.148. The molecule has 1 aromatic carbocycles. The normalized spacial score (nSPS) is 12.5. The van der Waals surface area contributed by atoms with Crippen molar-refractivity contribution >= 4 is 35.3 Å². The van der Waals surface area contributed by atoms with Gasteiger partial charge in [-0.25, -0.2) is 4.79 Å². The quantitative estimate of drug-likeness (QED) is 0.0375. The van der Waals surface area contributed by atoms with Crippen LogP contribution in [0.4, 0.5) is 10.5 Å². The van der Waals surface area contributed by atoms with Gasteiger partial charge in [-0.15, -0.1) is 0 Å². The number of carbonyl (C=O) groups excluding carboxylic acids is 5. The van der Waals surface area contributed by atoms with Gasteiger partial charge in [-0.2, -0.15) is 0 Å². The molecule has 0 aliphatic rings. The Kier molecular flexibility index (Phi) is 48.0. The van der Waals surface area contributed by atoms with Crippen LogP contribution < -0.4 is 43.4 Å². The van der Waals surface area contributed by atoms with Crippen molar-refractivity contribution in [1.29, 1.82) is 0 Å². The molecule has 1 aromatic rings. The zero-order valence-electron chi connectivity index (χ0n) is 46.7. The molecule has 452 valence electrons. The molecule has 0 saturated heterocycles. The molecule has 78 heavy (non-hydrogen) atoms. The number of ether oxygens (including phenoxy) is 12. The number of amides is 6. The van der Waals surface area contributed by atoms with Gasteiger partial charge in [0.05, 0.1) is 171 Å². The van der Waals surface area contributed by atoms with Gasteiger partial charge in [0.1, 0.15) is 12.1 Å². The van der Waals surface area contributed by atoms with Gasteiger partial charge in [-0.1, -0.05) is 26.0 Å². The Hall–Kier alpha value is -4.23. The first-order chi connectivity index (χ1) is 38.0. The van der Waals surface area contributed by atoms with Crippen molar-refractivity contribution in [2.75, 3.05) is 191 Å². The molecule has 0 unspecified atom stereocenters. The number of nitrogens with one attached hydrogen (secondary N) is 6. The summed E-state index contributed by atoms with van der Waals surface area (Å²) >= 11 is 0. The molecule has 0 radical (unpaired) electrons.